The van der Waals surface area contributed by atoms with Gasteiger partial charge in [-0.05, 0) is 31.5 Å². The molecule has 108 valence electrons. The van der Waals surface area contributed by atoms with Crippen LogP contribution in [0.15, 0.2) is 24.4 Å². The molecule has 0 atom stereocenters. The van der Waals surface area contributed by atoms with E-state index in [0.717, 1.165) is 16.8 Å². The summed E-state index contributed by atoms with van der Waals surface area (Å²) in [6, 6.07) is 5.68. The molecule has 1 aromatic heterocycles. The zero-order chi connectivity index (χ0) is 15.4. The van der Waals surface area contributed by atoms with Gasteiger partial charge in [0.2, 0.25) is 0 Å². The molecule has 1 aromatic carbocycles. The molecular weight excluding hydrogens is 264 g/mol. The number of nitrogens with one attached hydrogen (secondary N) is 1. The topological polar surface area (TPSA) is 72.9 Å². The molecule has 3 N–H and O–H groups in total. The molecule has 5 nitrogen and oxygen atoms in total. The highest BCUT2D eigenvalue weighted by Gasteiger charge is 2.13. The average Bonchev–Trinajstić information content (AvgIpc) is 2.78. The van der Waals surface area contributed by atoms with Crippen LogP contribution < -0.4 is 11.1 Å². The highest BCUT2D eigenvalue weighted by atomic mass is 16.1. The first kappa shape index (κ1) is 14.8. The third-order valence-electron chi connectivity index (χ3n) is 3.08. The molecule has 21 heavy (non-hydrogen) atoms. The van der Waals surface area contributed by atoms with Crippen molar-refractivity contribution in [2.24, 2.45) is 12.8 Å². The van der Waals surface area contributed by atoms with Crippen molar-refractivity contribution in [1.82, 2.24) is 9.78 Å². The summed E-state index contributed by atoms with van der Waals surface area (Å²) in [5.41, 5.74) is 9.17. The Morgan fingerprint density at radius 1 is 1.43 bits per heavy atom. The second-order valence-corrected chi connectivity index (χ2v) is 4.79. The first-order chi connectivity index (χ1) is 10.0. The van der Waals surface area contributed by atoms with Crippen molar-refractivity contribution in [2.45, 2.75) is 13.8 Å². The third kappa shape index (κ3) is 3.50. The summed E-state index contributed by atoms with van der Waals surface area (Å²) in [6.07, 6.45) is 1.71. The molecule has 5 heteroatoms. The minimum Gasteiger partial charge on any atom is -0.322 e. The minimum absolute atomic E-state index is 0.173. The summed E-state index contributed by atoms with van der Waals surface area (Å²) < 4.78 is 1.63. The normalized spacial score (nSPS) is 9.90. The van der Waals surface area contributed by atoms with E-state index in [0.29, 0.717) is 17.8 Å². The number of aromatic nitrogens is 2. The molecule has 2 rings (SSSR count). The Hall–Kier alpha value is -2.58. The third-order valence-corrected chi connectivity index (χ3v) is 3.08. The smallest absolute Gasteiger partial charge is 0.259 e. The Bertz CT molecular complexity index is 734. The van der Waals surface area contributed by atoms with Gasteiger partial charge in [0.15, 0.2) is 0 Å². The van der Waals surface area contributed by atoms with Gasteiger partial charge in [-0.3, -0.25) is 9.48 Å². The maximum absolute atomic E-state index is 12.3. The van der Waals surface area contributed by atoms with Crippen LogP contribution in [0.4, 0.5) is 5.69 Å². The summed E-state index contributed by atoms with van der Waals surface area (Å²) in [5.74, 6) is 5.58. The molecule has 0 aliphatic rings. The Morgan fingerprint density at radius 3 is 2.81 bits per heavy atom. The van der Waals surface area contributed by atoms with Crippen LogP contribution in [0.1, 0.15) is 27.2 Å². The van der Waals surface area contributed by atoms with Crippen LogP contribution in [0.25, 0.3) is 0 Å². The minimum atomic E-state index is -0.173. The summed E-state index contributed by atoms with van der Waals surface area (Å²) in [6.45, 7) is 4.06. The average molecular weight is 282 g/mol. The van der Waals surface area contributed by atoms with Crippen molar-refractivity contribution in [1.29, 1.82) is 0 Å². The standard InChI is InChI=1S/C16H18N4O/c1-11-6-7-13(5-4-8-17)9-15(11)18-16(21)14-10-20(3)19-12(14)2/h6-7,9-10H,8,17H2,1-3H3,(H,18,21). The maximum Gasteiger partial charge on any atom is 0.259 e. The lowest BCUT2D eigenvalue weighted by Crippen LogP contribution is -2.13. The number of aryl methyl sites for hydroxylation is 3. The number of amides is 1. The molecule has 1 amide bonds. The lowest BCUT2D eigenvalue weighted by Gasteiger charge is -2.08. The van der Waals surface area contributed by atoms with E-state index >= 15 is 0 Å². The van der Waals surface area contributed by atoms with Gasteiger partial charge >= 0.3 is 0 Å². The summed E-state index contributed by atoms with van der Waals surface area (Å²) in [4.78, 5) is 12.3. The Balaban J connectivity index is 2.26. The van der Waals surface area contributed by atoms with Crippen LogP contribution in [-0.4, -0.2) is 22.2 Å². The number of nitrogens with zero attached hydrogens (tertiary/aromatic N) is 2. The van der Waals surface area contributed by atoms with Gasteiger partial charge in [-0.25, -0.2) is 0 Å². The number of carbonyl (C=O) groups is 1. The van der Waals surface area contributed by atoms with E-state index in [9.17, 15) is 4.79 Å². The monoisotopic (exact) mass is 282 g/mol. The molecule has 0 saturated heterocycles. The van der Waals surface area contributed by atoms with E-state index in [1.807, 2.05) is 32.0 Å². The van der Waals surface area contributed by atoms with E-state index in [1.54, 1.807) is 17.9 Å². The van der Waals surface area contributed by atoms with Crippen molar-refractivity contribution in [3.05, 3.63) is 46.8 Å². The number of carbonyl (C=O) groups excluding carboxylic acids is 1. The highest BCUT2D eigenvalue weighted by molar-refractivity contribution is 6.05. The zero-order valence-electron chi connectivity index (χ0n) is 12.4. The Labute approximate surface area is 124 Å². The van der Waals surface area contributed by atoms with Crippen LogP contribution >= 0.6 is 0 Å². The fraction of sp³-hybridized carbons (Fsp3) is 0.250. The Morgan fingerprint density at radius 2 is 2.19 bits per heavy atom. The van der Waals surface area contributed by atoms with E-state index in [1.165, 1.54) is 0 Å². The van der Waals surface area contributed by atoms with Crippen molar-refractivity contribution >= 4 is 11.6 Å². The number of hydrogen-bond donors (Lipinski definition) is 2. The predicted molar refractivity (Wildman–Crippen MR) is 83.0 cm³/mol. The van der Waals surface area contributed by atoms with Crippen LogP contribution in [0.3, 0.4) is 0 Å². The first-order valence-corrected chi connectivity index (χ1v) is 6.62. The van der Waals surface area contributed by atoms with Gasteiger partial charge in [0.05, 0.1) is 17.8 Å². The van der Waals surface area contributed by atoms with E-state index < -0.39 is 0 Å². The molecule has 0 aliphatic carbocycles. The summed E-state index contributed by atoms with van der Waals surface area (Å²) in [7, 11) is 1.79. The summed E-state index contributed by atoms with van der Waals surface area (Å²) >= 11 is 0. The molecule has 0 fully saturated rings. The number of nitrogens with two attached hydrogens (primary N) is 1. The fourth-order valence-electron chi connectivity index (χ4n) is 2.00. The van der Waals surface area contributed by atoms with Gasteiger partial charge in [0, 0.05) is 24.5 Å². The number of rotatable bonds is 2. The largest absolute Gasteiger partial charge is 0.322 e. The molecule has 0 aliphatic heterocycles. The molecule has 1 heterocycles. The maximum atomic E-state index is 12.3. The van der Waals surface area contributed by atoms with E-state index in [2.05, 4.69) is 22.3 Å². The summed E-state index contributed by atoms with van der Waals surface area (Å²) in [5, 5.41) is 7.08. The van der Waals surface area contributed by atoms with Crippen LogP contribution in [0.2, 0.25) is 0 Å². The van der Waals surface area contributed by atoms with E-state index in [4.69, 9.17) is 5.73 Å². The van der Waals surface area contributed by atoms with Crippen LogP contribution in [-0.2, 0) is 7.05 Å². The molecule has 0 radical (unpaired) electrons. The lowest BCUT2D eigenvalue weighted by atomic mass is 10.1. The van der Waals surface area contributed by atoms with Crippen LogP contribution in [0, 0.1) is 25.7 Å². The SMILES string of the molecule is Cc1ccc(C#CCN)cc1NC(=O)c1cn(C)nc1C. The predicted octanol–water partition coefficient (Wildman–Crippen LogP) is 1.60. The van der Waals surface area contributed by atoms with Crippen molar-refractivity contribution < 1.29 is 4.79 Å². The number of benzene rings is 1. The fourth-order valence-corrected chi connectivity index (χ4v) is 2.00. The molecular formula is C16H18N4O. The first-order valence-electron chi connectivity index (χ1n) is 6.62. The molecule has 0 saturated carbocycles. The Kier molecular flexibility index (Phi) is 4.41. The quantitative estimate of drug-likeness (QED) is 0.822. The second-order valence-electron chi connectivity index (χ2n) is 4.79. The lowest BCUT2D eigenvalue weighted by molar-refractivity contribution is 0.102. The van der Waals surface area contributed by atoms with Crippen LogP contribution in [0.5, 0.6) is 0 Å². The van der Waals surface area contributed by atoms with Gasteiger partial charge in [-0.2, -0.15) is 5.10 Å². The van der Waals surface area contributed by atoms with Gasteiger partial charge in [-0.15, -0.1) is 0 Å². The van der Waals surface area contributed by atoms with Crippen molar-refractivity contribution in [3.63, 3.8) is 0 Å². The molecule has 0 bridgehead atoms. The zero-order valence-corrected chi connectivity index (χ0v) is 12.4. The van der Waals surface area contributed by atoms with Crippen molar-refractivity contribution in [3.8, 4) is 11.8 Å². The van der Waals surface area contributed by atoms with E-state index in [-0.39, 0.29) is 5.91 Å². The van der Waals surface area contributed by atoms with Gasteiger partial charge in [-0.1, -0.05) is 17.9 Å². The number of anilines is 1. The highest BCUT2D eigenvalue weighted by Crippen LogP contribution is 2.18. The van der Waals surface area contributed by atoms with Gasteiger partial charge in [0.25, 0.3) is 5.91 Å². The molecule has 0 unspecified atom stereocenters. The van der Waals surface area contributed by atoms with Gasteiger partial charge < -0.3 is 11.1 Å². The van der Waals surface area contributed by atoms with Gasteiger partial charge in [0.1, 0.15) is 0 Å². The van der Waals surface area contributed by atoms with Crippen molar-refractivity contribution in [2.75, 3.05) is 11.9 Å². The second kappa shape index (κ2) is 6.25. The molecule has 2 aromatic rings. The molecule has 0 spiro atoms. The number of hydrogen-bond acceptors (Lipinski definition) is 3.